The Labute approximate surface area is 127 Å². The Kier molecular flexibility index (Phi) is 6.44. The first kappa shape index (κ1) is 18.1. The van der Waals surface area contributed by atoms with Gasteiger partial charge in [0.05, 0.1) is 12.0 Å². The number of carbonyl (C=O) groups is 4. The van der Waals surface area contributed by atoms with Crippen molar-refractivity contribution < 1.29 is 38.1 Å². The van der Waals surface area contributed by atoms with Gasteiger partial charge in [-0.05, 0) is 0 Å². The van der Waals surface area contributed by atoms with Crippen LogP contribution in [-0.2, 0) is 38.1 Å². The zero-order chi connectivity index (χ0) is 16.9. The van der Waals surface area contributed by atoms with Gasteiger partial charge in [0.2, 0.25) is 6.29 Å². The van der Waals surface area contributed by atoms with Gasteiger partial charge in [0.15, 0.2) is 0 Å². The molecule has 1 saturated heterocycles. The zero-order valence-electron chi connectivity index (χ0n) is 12.5. The van der Waals surface area contributed by atoms with Crippen LogP contribution in [0.4, 0.5) is 0 Å². The van der Waals surface area contributed by atoms with E-state index in [4.69, 9.17) is 24.7 Å². The second kappa shape index (κ2) is 7.85. The molecule has 124 valence electrons. The SMILES string of the molecule is CC(=O)OCC1OC(OC(C)=O)C(N)C(C=O)C1OC(C)=O. The third kappa shape index (κ3) is 4.78. The maximum Gasteiger partial charge on any atom is 0.304 e. The summed E-state index contributed by atoms with van der Waals surface area (Å²) in [5, 5.41) is 0. The van der Waals surface area contributed by atoms with Crippen LogP contribution in [0.2, 0.25) is 0 Å². The smallest absolute Gasteiger partial charge is 0.304 e. The van der Waals surface area contributed by atoms with Crippen molar-refractivity contribution >= 4 is 24.2 Å². The van der Waals surface area contributed by atoms with Gasteiger partial charge in [-0.1, -0.05) is 0 Å². The lowest BCUT2D eigenvalue weighted by molar-refractivity contribution is -0.250. The van der Waals surface area contributed by atoms with Gasteiger partial charge >= 0.3 is 17.9 Å². The van der Waals surface area contributed by atoms with E-state index in [9.17, 15) is 19.2 Å². The van der Waals surface area contributed by atoms with Crippen molar-refractivity contribution in [1.29, 1.82) is 0 Å². The van der Waals surface area contributed by atoms with Crippen LogP contribution in [0, 0.1) is 5.92 Å². The Morgan fingerprint density at radius 3 is 2.14 bits per heavy atom. The molecule has 9 nitrogen and oxygen atoms in total. The number of aldehydes is 1. The van der Waals surface area contributed by atoms with Gasteiger partial charge in [-0.15, -0.1) is 0 Å². The summed E-state index contributed by atoms with van der Waals surface area (Å²) in [5.41, 5.74) is 5.83. The lowest BCUT2D eigenvalue weighted by atomic mass is 9.88. The third-order valence-electron chi connectivity index (χ3n) is 3.01. The zero-order valence-corrected chi connectivity index (χ0v) is 12.5. The van der Waals surface area contributed by atoms with Gasteiger partial charge in [0.1, 0.15) is 25.1 Å². The molecule has 5 unspecified atom stereocenters. The highest BCUT2D eigenvalue weighted by Crippen LogP contribution is 2.27. The fourth-order valence-corrected chi connectivity index (χ4v) is 2.11. The van der Waals surface area contributed by atoms with Crippen molar-refractivity contribution in [2.75, 3.05) is 6.61 Å². The van der Waals surface area contributed by atoms with E-state index in [0.717, 1.165) is 13.8 Å². The molecule has 0 aromatic carbocycles. The number of hydrogen-bond acceptors (Lipinski definition) is 9. The van der Waals surface area contributed by atoms with E-state index in [0.29, 0.717) is 6.29 Å². The molecule has 22 heavy (non-hydrogen) atoms. The summed E-state index contributed by atoms with van der Waals surface area (Å²) in [6.07, 6.45) is -2.73. The summed E-state index contributed by atoms with van der Waals surface area (Å²) in [7, 11) is 0. The molecule has 0 aromatic heterocycles. The summed E-state index contributed by atoms with van der Waals surface area (Å²) < 4.78 is 20.2. The largest absolute Gasteiger partial charge is 0.463 e. The second-order valence-corrected chi connectivity index (χ2v) is 4.82. The van der Waals surface area contributed by atoms with E-state index in [-0.39, 0.29) is 6.61 Å². The Morgan fingerprint density at radius 1 is 1.09 bits per heavy atom. The van der Waals surface area contributed by atoms with Gasteiger partial charge in [-0.3, -0.25) is 14.4 Å². The topological polar surface area (TPSA) is 131 Å². The number of rotatable bonds is 5. The minimum Gasteiger partial charge on any atom is -0.463 e. The fourth-order valence-electron chi connectivity index (χ4n) is 2.11. The Bertz CT molecular complexity index is 451. The first-order valence-corrected chi connectivity index (χ1v) is 6.60. The standard InChI is InChI=1S/C13H19NO8/c1-6(16)19-5-10-12(20-7(2)17)9(4-15)11(14)13(22-10)21-8(3)18/h4,9-13H,5,14H2,1-3H3. The summed E-state index contributed by atoms with van der Waals surface area (Å²) >= 11 is 0. The first-order chi connectivity index (χ1) is 10.3. The van der Waals surface area contributed by atoms with E-state index in [1.807, 2.05) is 0 Å². The van der Waals surface area contributed by atoms with E-state index in [1.54, 1.807) is 0 Å². The van der Waals surface area contributed by atoms with E-state index in [1.165, 1.54) is 6.92 Å². The van der Waals surface area contributed by atoms with Crippen LogP contribution in [0.1, 0.15) is 20.8 Å². The molecule has 9 heteroatoms. The first-order valence-electron chi connectivity index (χ1n) is 6.60. The van der Waals surface area contributed by atoms with Crippen molar-refractivity contribution in [1.82, 2.24) is 0 Å². The molecule has 0 saturated carbocycles. The van der Waals surface area contributed by atoms with Gasteiger partial charge < -0.3 is 29.5 Å². The molecule has 2 N–H and O–H groups in total. The Hall–Kier alpha value is -2.00. The van der Waals surface area contributed by atoms with E-state index >= 15 is 0 Å². The molecule has 0 amide bonds. The molecule has 0 radical (unpaired) electrons. The quantitative estimate of drug-likeness (QED) is 0.381. The van der Waals surface area contributed by atoms with Crippen LogP contribution in [-0.4, -0.2) is 55.3 Å². The predicted molar refractivity (Wildman–Crippen MR) is 70.1 cm³/mol. The highest BCUT2D eigenvalue weighted by molar-refractivity contribution is 5.68. The minimum absolute atomic E-state index is 0.276. The molecular formula is C13H19NO8. The maximum atomic E-state index is 11.3. The van der Waals surface area contributed by atoms with E-state index in [2.05, 4.69) is 0 Å². The molecule has 1 fully saturated rings. The minimum atomic E-state index is -1.21. The number of carbonyl (C=O) groups excluding carboxylic acids is 4. The molecule has 0 spiro atoms. The fraction of sp³-hybridized carbons (Fsp3) is 0.692. The van der Waals surface area contributed by atoms with Gasteiger partial charge in [-0.25, -0.2) is 0 Å². The highest BCUT2D eigenvalue weighted by Gasteiger charge is 2.48. The molecule has 0 bridgehead atoms. The second-order valence-electron chi connectivity index (χ2n) is 4.82. The number of ether oxygens (including phenoxy) is 4. The summed E-state index contributed by atoms with van der Waals surface area (Å²) in [6, 6.07) is -1.01. The van der Waals surface area contributed by atoms with Crippen molar-refractivity contribution in [3.05, 3.63) is 0 Å². The average Bonchev–Trinajstić information content (AvgIpc) is 2.39. The molecule has 1 heterocycles. The Morgan fingerprint density at radius 2 is 1.68 bits per heavy atom. The van der Waals surface area contributed by atoms with Crippen LogP contribution in [0.5, 0.6) is 0 Å². The predicted octanol–water partition coefficient (Wildman–Crippen LogP) is -1.09. The van der Waals surface area contributed by atoms with Crippen LogP contribution < -0.4 is 5.73 Å². The summed E-state index contributed by atoms with van der Waals surface area (Å²) in [5.74, 6) is -2.84. The molecule has 1 aliphatic heterocycles. The number of nitrogens with two attached hydrogens (primary N) is 1. The van der Waals surface area contributed by atoms with Crippen LogP contribution >= 0.6 is 0 Å². The monoisotopic (exact) mass is 317 g/mol. The molecule has 1 rings (SSSR count). The average molecular weight is 317 g/mol. The normalized spacial score (nSPS) is 31.0. The van der Waals surface area contributed by atoms with Crippen LogP contribution in [0.25, 0.3) is 0 Å². The maximum absolute atomic E-state index is 11.3. The molecule has 1 aliphatic rings. The third-order valence-corrected chi connectivity index (χ3v) is 3.01. The molecular weight excluding hydrogens is 298 g/mol. The van der Waals surface area contributed by atoms with Gasteiger partial charge in [0.25, 0.3) is 0 Å². The lowest BCUT2D eigenvalue weighted by Gasteiger charge is -2.41. The van der Waals surface area contributed by atoms with Gasteiger partial charge in [0, 0.05) is 20.8 Å². The van der Waals surface area contributed by atoms with Crippen molar-refractivity contribution in [2.45, 2.75) is 45.3 Å². The number of esters is 3. The molecule has 0 aromatic rings. The van der Waals surface area contributed by atoms with Crippen LogP contribution in [0.3, 0.4) is 0 Å². The highest BCUT2D eigenvalue weighted by atomic mass is 16.7. The van der Waals surface area contributed by atoms with Crippen molar-refractivity contribution in [2.24, 2.45) is 11.7 Å². The molecule has 0 aliphatic carbocycles. The number of hydrogen-bond donors (Lipinski definition) is 1. The lowest BCUT2D eigenvalue weighted by Crippen LogP contribution is -2.61. The van der Waals surface area contributed by atoms with Crippen molar-refractivity contribution in [3.63, 3.8) is 0 Å². The van der Waals surface area contributed by atoms with Gasteiger partial charge in [-0.2, -0.15) is 0 Å². The molecule has 5 atom stereocenters. The van der Waals surface area contributed by atoms with Crippen molar-refractivity contribution in [3.8, 4) is 0 Å². The summed E-state index contributed by atoms with van der Waals surface area (Å²) in [4.78, 5) is 44.5. The Balaban J connectivity index is 2.98. The van der Waals surface area contributed by atoms with E-state index < -0.39 is 48.4 Å². The summed E-state index contributed by atoms with van der Waals surface area (Å²) in [6.45, 7) is 3.23. The van der Waals surface area contributed by atoms with Crippen LogP contribution in [0.15, 0.2) is 0 Å².